The van der Waals surface area contributed by atoms with Gasteiger partial charge in [-0.3, -0.25) is 20.0 Å². The number of hydrogen-bond donors (Lipinski definition) is 3. The zero-order valence-electron chi connectivity index (χ0n) is 19.1. The van der Waals surface area contributed by atoms with E-state index in [0.29, 0.717) is 19.4 Å². The molecule has 1 saturated heterocycles. The average molecular weight is 476 g/mol. The minimum Gasteiger partial charge on any atom is -0.481 e. The van der Waals surface area contributed by atoms with Crippen LogP contribution in [0, 0.1) is 5.92 Å². The molecule has 0 saturated carbocycles. The summed E-state index contributed by atoms with van der Waals surface area (Å²) in [6, 6.07) is 15.9. The van der Waals surface area contributed by atoms with Gasteiger partial charge in [-0.25, -0.2) is 4.79 Å². The fourth-order valence-electron chi connectivity index (χ4n) is 4.97. The summed E-state index contributed by atoms with van der Waals surface area (Å²) in [4.78, 5) is 42.1. The second-order valence-electron chi connectivity index (χ2n) is 8.87. The first-order valence-electron chi connectivity index (χ1n) is 11.5. The lowest BCUT2D eigenvalue weighted by atomic mass is 9.91. The average Bonchev–Trinajstić information content (AvgIpc) is 3.45. The highest BCUT2D eigenvalue weighted by Gasteiger charge is 2.34. The van der Waals surface area contributed by atoms with Crippen LogP contribution in [0.15, 0.2) is 48.5 Å². The van der Waals surface area contributed by atoms with E-state index in [1.54, 1.807) is 11.8 Å². The Bertz CT molecular complexity index is 1240. The minimum absolute atomic E-state index is 0.0282. The number of piperidine rings is 1. The van der Waals surface area contributed by atoms with Gasteiger partial charge in [0.2, 0.25) is 5.82 Å². The zero-order chi connectivity index (χ0) is 24.5. The number of nitrogens with one attached hydrogen (secondary N) is 2. The number of H-pyrrole nitrogens is 1. The molecule has 0 unspecified atom stereocenters. The van der Waals surface area contributed by atoms with Crippen LogP contribution in [0.3, 0.4) is 0 Å². The maximum absolute atomic E-state index is 12.8. The van der Waals surface area contributed by atoms with E-state index in [1.807, 2.05) is 36.4 Å². The smallest absolute Gasteiger partial charge is 0.414 e. The first-order valence-corrected chi connectivity index (χ1v) is 11.5. The van der Waals surface area contributed by atoms with Gasteiger partial charge in [0.25, 0.3) is 11.9 Å². The summed E-state index contributed by atoms with van der Waals surface area (Å²) in [5.74, 6) is -1.88. The molecule has 1 aromatic heterocycles. The molecule has 0 spiro atoms. The van der Waals surface area contributed by atoms with Crippen molar-refractivity contribution in [2.75, 3.05) is 18.5 Å². The number of aromatic nitrogens is 3. The number of carbonyl (C=O) groups is 3. The molecule has 5 rings (SSSR count). The quantitative estimate of drug-likeness (QED) is 0.514. The molecule has 2 amide bonds. The van der Waals surface area contributed by atoms with E-state index in [9.17, 15) is 19.5 Å². The van der Waals surface area contributed by atoms with Gasteiger partial charge >= 0.3 is 12.1 Å². The van der Waals surface area contributed by atoms with Gasteiger partial charge in [-0.1, -0.05) is 48.5 Å². The van der Waals surface area contributed by atoms with Crippen molar-refractivity contribution in [3.63, 3.8) is 0 Å². The third kappa shape index (κ3) is 4.34. The SMILES string of the molecule is C[C@H]1C[C@@H](C(=O)O)CCN1C(=O)c1nc(NC(=O)OCC2c3ccccc3-c3ccccc32)n[nH]1. The fraction of sp³-hybridized carbons (Fsp3) is 0.320. The predicted molar refractivity (Wildman–Crippen MR) is 126 cm³/mol. The molecule has 2 aliphatic rings. The third-order valence-corrected chi connectivity index (χ3v) is 6.73. The van der Waals surface area contributed by atoms with Gasteiger partial charge in [0.15, 0.2) is 0 Å². The Kier molecular flexibility index (Phi) is 5.94. The second-order valence-corrected chi connectivity index (χ2v) is 8.87. The number of hydrogen-bond acceptors (Lipinski definition) is 6. The summed E-state index contributed by atoms with van der Waals surface area (Å²) in [6.45, 7) is 2.26. The predicted octanol–water partition coefficient (Wildman–Crippen LogP) is 3.49. The van der Waals surface area contributed by atoms with Crippen molar-refractivity contribution in [2.24, 2.45) is 5.92 Å². The molecular weight excluding hydrogens is 450 g/mol. The normalized spacial score (nSPS) is 19.1. The summed E-state index contributed by atoms with van der Waals surface area (Å²) in [5.41, 5.74) is 4.48. The summed E-state index contributed by atoms with van der Waals surface area (Å²) >= 11 is 0. The highest BCUT2D eigenvalue weighted by molar-refractivity contribution is 5.92. The molecule has 1 aliphatic heterocycles. The van der Waals surface area contributed by atoms with E-state index in [4.69, 9.17) is 4.74 Å². The maximum atomic E-state index is 12.8. The molecule has 2 heterocycles. The van der Waals surface area contributed by atoms with Crippen molar-refractivity contribution in [3.8, 4) is 11.1 Å². The van der Waals surface area contributed by atoms with Crippen LogP contribution < -0.4 is 5.32 Å². The highest BCUT2D eigenvalue weighted by Crippen LogP contribution is 2.44. The lowest BCUT2D eigenvalue weighted by Gasteiger charge is -2.35. The molecular formula is C25H25N5O5. The van der Waals surface area contributed by atoms with Crippen LogP contribution in [0.2, 0.25) is 0 Å². The molecule has 1 fully saturated rings. The van der Waals surface area contributed by atoms with Gasteiger partial charge in [0.05, 0.1) is 5.92 Å². The van der Waals surface area contributed by atoms with Crippen LogP contribution in [0.4, 0.5) is 10.7 Å². The zero-order valence-corrected chi connectivity index (χ0v) is 19.1. The van der Waals surface area contributed by atoms with E-state index in [2.05, 4.69) is 32.6 Å². The van der Waals surface area contributed by atoms with Gasteiger partial charge < -0.3 is 14.7 Å². The molecule has 3 N–H and O–H groups in total. The highest BCUT2D eigenvalue weighted by atomic mass is 16.5. The van der Waals surface area contributed by atoms with Crippen molar-refractivity contribution in [2.45, 2.75) is 31.7 Å². The lowest BCUT2D eigenvalue weighted by Crippen LogP contribution is -2.46. The number of carbonyl (C=O) groups excluding carboxylic acids is 2. The van der Waals surface area contributed by atoms with Crippen molar-refractivity contribution >= 4 is 23.9 Å². The van der Waals surface area contributed by atoms with Crippen molar-refractivity contribution < 1.29 is 24.2 Å². The van der Waals surface area contributed by atoms with Crippen molar-refractivity contribution in [3.05, 3.63) is 65.5 Å². The van der Waals surface area contributed by atoms with E-state index in [1.165, 1.54) is 0 Å². The molecule has 0 radical (unpaired) electrons. The molecule has 1 aliphatic carbocycles. The number of aromatic amines is 1. The van der Waals surface area contributed by atoms with Gasteiger partial charge in [-0.15, -0.1) is 5.10 Å². The van der Waals surface area contributed by atoms with Gasteiger partial charge in [-0.2, -0.15) is 4.98 Å². The number of amides is 2. The van der Waals surface area contributed by atoms with Crippen LogP contribution in [0.25, 0.3) is 11.1 Å². The van der Waals surface area contributed by atoms with Crippen LogP contribution >= 0.6 is 0 Å². The van der Waals surface area contributed by atoms with Crippen LogP contribution in [0.1, 0.15) is 47.4 Å². The first kappa shape index (κ1) is 22.6. The van der Waals surface area contributed by atoms with Gasteiger partial charge in [0.1, 0.15) is 6.61 Å². The Morgan fingerprint density at radius 2 is 1.77 bits per heavy atom. The molecule has 0 bridgehead atoms. The lowest BCUT2D eigenvalue weighted by molar-refractivity contribution is -0.143. The van der Waals surface area contributed by atoms with Crippen molar-refractivity contribution in [1.29, 1.82) is 0 Å². The fourth-order valence-corrected chi connectivity index (χ4v) is 4.97. The number of fused-ring (bicyclic) bond motifs is 3. The molecule has 2 atom stereocenters. The molecule has 10 nitrogen and oxygen atoms in total. The van der Waals surface area contributed by atoms with E-state index < -0.39 is 23.9 Å². The van der Waals surface area contributed by atoms with E-state index >= 15 is 0 Å². The van der Waals surface area contributed by atoms with Gasteiger partial charge in [-0.05, 0) is 42.0 Å². The van der Waals surface area contributed by atoms with Crippen LogP contribution in [-0.2, 0) is 9.53 Å². The van der Waals surface area contributed by atoms with E-state index in [0.717, 1.165) is 22.3 Å². The number of likely N-dealkylation sites (tertiary alicyclic amines) is 1. The molecule has 2 aromatic carbocycles. The first-order chi connectivity index (χ1) is 16.9. The topological polar surface area (TPSA) is 138 Å². The number of nitrogens with zero attached hydrogens (tertiary/aromatic N) is 3. The Morgan fingerprint density at radius 1 is 1.11 bits per heavy atom. The van der Waals surface area contributed by atoms with E-state index in [-0.39, 0.29) is 30.3 Å². The van der Waals surface area contributed by atoms with Crippen molar-refractivity contribution in [1.82, 2.24) is 20.1 Å². The number of ether oxygens (including phenoxy) is 1. The second kappa shape index (κ2) is 9.21. The Balaban J connectivity index is 1.20. The monoisotopic (exact) mass is 475 g/mol. The van der Waals surface area contributed by atoms with Crippen LogP contribution in [0.5, 0.6) is 0 Å². The largest absolute Gasteiger partial charge is 0.481 e. The Morgan fingerprint density at radius 3 is 2.40 bits per heavy atom. The summed E-state index contributed by atoms with van der Waals surface area (Å²) in [7, 11) is 0. The standard InChI is InChI=1S/C25H25N5O5/c1-14-12-15(23(32)33)10-11-30(14)22(31)21-26-24(29-28-21)27-25(34)35-13-20-18-8-4-2-6-16(18)17-7-3-5-9-19(17)20/h2-9,14-15,20H,10-13H2,1H3,(H,32,33)(H2,26,27,28,29,34)/t14-,15-/m0/s1. The number of anilines is 1. The molecule has 3 aromatic rings. The number of carboxylic acid groups (broad SMARTS) is 1. The Labute approximate surface area is 201 Å². The summed E-state index contributed by atoms with van der Waals surface area (Å²) in [6.07, 6.45) is 0.0327. The number of benzene rings is 2. The van der Waals surface area contributed by atoms with Crippen LogP contribution in [-0.4, -0.2) is 62.4 Å². The number of aliphatic carboxylic acids is 1. The summed E-state index contributed by atoms with van der Waals surface area (Å²) < 4.78 is 5.49. The molecule has 10 heteroatoms. The Hall–Kier alpha value is -4.21. The number of carboxylic acids is 1. The minimum atomic E-state index is -0.849. The molecule has 180 valence electrons. The molecule has 35 heavy (non-hydrogen) atoms. The summed E-state index contributed by atoms with van der Waals surface area (Å²) in [5, 5.41) is 18.1. The maximum Gasteiger partial charge on any atom is 0.414 e. The van der Waals surface area contributed by atoms with Gasteiger partial charge in [0, 0.05) is 18.5 Å². The number of rotatable bonds is 5. The third-order valence-electron chi connectivity index (χ3n) is 6.73.